The van der Waals surface area contributed by atoms with Crippen LogP contribution in [-0.2, 0) is 6.54 Å². The van der Waals surface area contributed by atoms with Crippen molar-refractivity contribution in [3.8, 4) is 5.75 Å². The number of aryl methyl sites for hydroxylation is 1. The molecule has 0 saturated carbocycles. The van der Waals surface area contributed by atoms with Crippen LogP contribution in [-0.4, -0.2) is 26.6 Å². The summed E-state index contributed by atoms with van der Waals surface area (Å²) in [4.78, 5) is 14.2. The van der Waals surface area contributed by atoms with Crippen molar-refractivity contribution in [1.82, 2.24) is 19.5 Å². The number of nitrogen functional groups attached to an aromatic ring is 1. The highest BCUT2D eigenvalue weighted by molar-refractivity contribution is 14.1. The molecule has 0 bridgehead atoms. The van der Waals surface area contributed by atoms with Crippen LogP contribution in [0.4, 0.5) is 5.82 Å². The van der Waals surface area contributed by atoms with Crippen LogP contribution in [0.5, 0.6) is 5.75 Å². The van der Waals surface area contributed by atoms with Crippen LogP contribution in [0.2, 0.25) is 0 Å². The van der Waals surface area contributed by atoms with E-state index in [4.69, 9.17) is 10.5 Å². The molecule has 0 saturated heterocycles. The maximum Gasteiger partial charge on any atom is 0.175 e. The fraction of sp³-hybridized carbons (Fsp3) is 0.312. The van der Waals surface area contributed by atoms with Gasteiger partial charge in [-0.2, -0.15) is 0 Å². The van der Waals surface area contributed by atoms with E-state index in [0.717, 1.165) is 44.4 Å². The second-order valence-electron chi connectivity index (χ2n) is 5.23. The summed E-state index contributed by atoms with van der Waals surface area (Å²) in [7, 11) is 1.67. The van der Waals surface area contributed by atoms with Gasteiger partial charge in [0.05, 0.1) is 7.11 Å². The van der Waals surface area contributed by atoms with Gasteiger partial charge in [0.15, 0.2) is 22.1 Å². The Morgan fingerprint density at radius 1 is 1.33 bits per heavy atom. The Balaban J connectivity index is 2.06. The summed E-state index contributed by atoms with van der Waals surface area (Å²) in [6.07, 6.45) is 3.64. The molecule has 3 rings (SSSR count). The quantitative estimate of drug-likeness (QED) is 0.567. The van der Waals surface area contributed by atoms with Gasteiger partial charge in [0.2, 0.25) is 0 Å². The highest BCUT2D eigenvalue weighted by Gasteiger charge is 2.16. The fourth-order valence-corrected chi connectivity index (χ4v) is 3.94. The molecule has 0 unspecified atom stereocenters. The SMILES string of the molecule is CCCCn1c(Sc2cc(OC)ccc2I)nc2c(N)ncnc21. The molecule has 6 nitrogen and oxygen atoms in total. The molecular formula is C16H18IN5OS. The smallest absolute Gasteiger partial charge is 0.175 e. The average molecular weight is 455 g/mol. The van der Waals surface area contributed by atoms with E-state index < -0.39 is 0 Å². The zero-order valence-corrected chi connectivity index (χ0v) is 16.5. The number of fused-ring (bicyclic) bond motifs is 1. The third-order valence-electron chi connectivity index (χ3n) is 3.60. The largest absolute Gasteiger partial charge is 0.497 e. The fourth-order valence-electron chi connectivity index (χ4n) is 2.32. The van der Waals surface area contributed by atoms with Crippen LogP contribution in [0, 0.1) is 3.57 Å². The number of rotatable bonds is 6. The highest BCUT2D eigenvalue weighted by atomic mass is 127. The molecule has 126 valence electrons. The average Bonchev–Trinajstić information content (AvgIpc) is 2.94. The van der Waals surface area contributed by atoms with Crippen molar-refractivity contribution in [3.05, 3.63) is 28.1 Å². The van der Waals surface area contributed by atoms with Crippen molar-refractivity contribution in [2.24, 2.45) is 0 Å². The van der Waals surface area contributed by atoms with Gasteiger partial charge in [0.25, 0.3) is 0 Å². The summed E-state index contributed by atoms with van der Waals surface area (Å²) in [6.45, 7) is 3.02. The molecule has 0 aliphatic carbocycles. The second-order valence-corrected chi connectivity index (χ2v) is 7.40. The predicted octanol–water partition coefficient (Wildman–Crippen LogP) is 3.97. The summed E-state index contributed by atoms with van der Waals surface area (Å²) in [5.74, 6) is 1.24. The first-order valence-corrected chi connectivity index (χ1v) is 9.51. The summed E-state index contributed by atoms with van der Waals surface area (Å²) < 4.78 is 8.60. The number of ether oxygens (including phenoxy) is 1. The van der Waals surface area contributed by atoms with Crippen LogP contribution >= 0.6 is 34.4 Å². The first-order chi connectivity index (χ1) is 11.6. The van der Waals surface area contributed by atoms with Crippen molar-refractivity contribution < 1.29 is 4.74 Å². The third kappa shape index (κ3) is 3.44. The Labute approximate surface area is 158 Å². The molecule has 8 heteroatoms. The molecule has 0 atom stereocenters. The van der Waals surface area contributed by atoms with Gasteiger partial charge in [-0.25, -0.2) is 15.0 Å². The number of nitrogens with two attached hydrogens (primary N) is 1. The lowest BCUT2D eigenvalue weighted by atomic mass is 10.3. The molecule has 0 amide bonds. The maximum atomic E-state index is 5.98. The number of benzene rings is 1. The molecule has 0 aliphatic heterocycles. The molecule has 0 aliphatic rings. The lowest BCUT2D eigenvalue weighted by molar-refractivity contribution is 0.413. The summed E-state index contributed by atoms with van der Waals surface area (Å²) >= 11 is 3.92. The first-order valence-electron chi connectivity index (χ1n) is 7.62. The minimum Gasteiger partial charge on any atom is -0.497 e. The number of hydrogen-bond donors (Lipinski definition) is 1. The molecule has 24 heavy (non-hydrogen) atoms. The standard InChI is InChI=1S/C16H18IN5OS/c1-3-4-7-22-15-13(14(18)19-9-20-15)21-16(22)24-12-8-10(23-2)5-6-11(12)17/h5-6,8-9H,3-4,7H2,1-2H3,(H2,18,19,20). The molecule has 3 aromatic rings. The number of imidazole rings is 1. The van der Waals surface area contributed by atoms with Crippen LogP contribution in [0.25, 0.3) is 11.2 Å². The number of nitrogens with zero attached hydrogens (tertiary/aromatic N) is 4. The summed E-state index contributed by atoms with van der Waals surface area (Å²) in [6, 6.07) is 6.01. The lowest BCUT2D eigenvalue weighted by Gasteiger charge is -2.09. The minimum absolute atomic E-state index is 0.414. The Kier molecular flexibility index (Phi) is 5.44. The number of unbranched alkanes of at least 4 members (excludes halogenated alkanes) is 1. The molecule has 0 radical (unpaired) electrons. The van der Waals surface area contributed by atoms with Gasteiger partial charge >= 0.3 is 0 Å². The second kappa shape index (κ2) is 7.56. The van der Waals surface area contributed by atoms with E-state index in [1.54, 1.807) is 18.9 Å². The first kappa shape index (κ1) is 17.3. The van der Waals surface area contributed by atoms with Gasteiger partial charge in [-0.3, -0.25) is 0 Å². The van der Waals surface area contributed by atoms with Crippen molar-refractivity contribution in [1.29, 1.82) is 0 Å². The summed E-state index contributed by atoms with van der Waals surface area (Å²) in [5.41, 5.74) is 7.43. The van der Waals surface area contributed by atoms with Crippen molar-refractivity contribution >= 4 is 51.3 Å². The normalized spacial score (nSPS) is 11.1. The van der Waals surface area contributed by atoms with E-state index in [1.807, 2.05) is 18.2 Å². The van der Waals surface area contributed by atoms with Gasteiger partial charge < -0.3 is 15.0 Å². The van der Waals surface area contributed by atoms with E-state index in [9.17, 15) is 0 Å². The van der Waals surface area contributed by atoms with E-state index >= 15 is 0 Å². The number of hydrogen-bond acceptors (Lipinski definition) is 6. The van der Waals surface area contributed by atoms with Gasteiger partial charge in [-0.05, 0) is 47.2 Å². The summed E-state index contributed by atoms with van der Waals surface area (Å²) in [5, 5.41) is 0.872. The van der Waals surface area contributed by atoms with Crippen LogP contribution < -0.4 is 10.5 Å². The van der Waals surface area contributed by atoms with Crippen molar-refractivity contribution in [2.75, 3.05) is 12.8 Å². The zero-order chi connectivity index (χ0) is 17.1. The van der Waals surface area contributed by atoms with E-state index in [2.05, 4.69) is 49.0 Å². The lowest BCUT2D eigenvalue weighted by Crippen LogP contribution is -2.01. The zero-order valence-electron chi connectivity index (χ0n) is 13.5. The van der Waals surface area contributed by atoms with Gasteiger partial charge in [0.1, 0.15) is 12.1 Å². The number of anilines is 1. The van der Waals surface area contributed by atoms with Crippen LogP contribution in [0.1, 0.15) is 19.8 Å². The predicted molar refractivity (Wildman–Crippen MR) is 104 cm³/mol. The molecule has 2 aromatic heterocycles. The molecular weight excluding hydrogens is 437 g/mol. The molecule has 2 N–H and O–H groups in total. The maximum absolute atomic E-state index is 5.98. The van der Waals surface area contributed by atoms with E-state index in [-0.39, 0.29) is 0 Å². The number of aromatic nitrogens is 4. The van der Waals surface area contributed by atoms with Crippen LogP contribution in [0.3, 0.4) is 0 Å². The third-order valence-corrected chi connectivity index (χ3v) is 5.96. The topological polar surface area (TPSA) is 78.9 Å². The molecule has 0 spiro atoms. The van der Waals surface area contributed by atoms with Gasteiger partial charge in [-0.1, -0.05) is 25.1 Å². The monoisotopic (exact) mass is 455 g/mol. The van der Waals surface area contributed by atoms with E-state index in [0.29, 0.717) is 11.3 Å². The van der Waals surface area contributed by atoms with Crippen molar-refractivity contribution in [2.45, 2.75) is 36.4 Å². The van der Waals surface area contributed by atoms with E-state index in [1.165, 1.54) is 6.33 Å². The molecule has 2 heterocycles. The Hall–Kier alpha value is -1.55. The minimum atomic E-state index is 0.414. The Bertz CT molecular complexity index is 867. The Morgan fingerprint density at radius 3 is 2.92 bits per heavy atom. The van der Waals surface area contributed by atoms with Crippen LogP contribution in [0.15, 0.2) is 34.6 Å². The number of methoxy groups -OCH3 is 1. The van der Waals surface area contributed by atoms with Crippen molar-refractivity contribution in [3.63, 3.8) is 0 Å². The Morgan fingerprint density at radius 2 is 2.17 bits per heavy atom. The van der Waals surface area contributed by atoms with Gasteiger partial charge in [0, 0.05) is 15.0 Å². The number of halogens is 1. The highest BCUT2D eigenvalue weighted by Crippen LogP contribution is 2.35. The molecule has 1 aromatic carbocycles. The molecule has 0 fully saturated rings. The van der Waals surface area contributed by atoms with Gasteiger partial charge in [-0.15, -0.1) is 0 Å².